The van der Waals surface area contributed by atoms with E-state index in [2.05, 4.69) is 0 Å². The van der Waals surface area contributed by atoms with Crippen molar-refractivity contribution in [2.24, 2.45) is 0 Å². The fraction of sp³-hybridized carbons (Fsp3) is 0.182. The summed E-state index contributed by atoms with van der Waals surface area (Å²) >= 11 is 0. The van der Waals surface area contributed by atoms with E-state index in [0.717, 1.165) is 18.2 Å². The summed E-state index contributed by atoms with van der Waals surface area (Å²) in [6, 6.07) is 3.30. The number of rotatable bonds is 4. The van der Waals surface area contributed by atoms with Gasteiger partial charge < -0.3 is 4.74 Å². The molecule has 0 amide bonds. The van der Waals surface area contributed by atoms with Crippen molar-refractivity contribution in [3.8, 4) is 5.75 Å². The number of allylic oxidation sites excluding steroid dienone is 1. The van der Waals surface area contributed by atoms with Crippen molar-refractivity contribution >= 4 is 17.3 Å². The molecule has 0 N–H and O–H groups in total. The largest absolute Gasteiger partial charge is 0.416 e. The first kappa shape index (κ1) is 14.3. The quantitative estimate of drug-likeness (QED) is 0.272. The van der Waals surface area contributed by atoms with E-state index in [1.165, 1.54) is 6.07 Å². The van der Waals surface area contributed by atoms with Crippen LogP contribution in [-0.2, 0) is 4.79 Å². The van der Waals surface area contributed by atoms with Gasteiger partial charge in [-0.25, -0.2) is 4.79 Å². The van der Waals surface area contributed by atoms with E-state index in [4.69, 9.17) is 4.74 Å². The first-order valence-electron chi connectivity index (χ1n) is 5.11. The lowest BCUT2D eigenvalue weighted by atomic mass is 10.2. The molecular weight excluding hydrogens is 256 g/mol. The number of nitro groups is 2. The Balaban J connectivity index is 3.25. The Kier molecular flexibility index (Phi) is 4.30. The molecule has 19 heavy (non-hydrogen) atoms. The van der Waals surface area contributed by atoms with E-state index in [-0.39, 0.29) is 0 Å². The first-order chi connectivity index (χ1) is 8.82. The van der Waals surface area contributed by atoms with E-state index in [9.17, 15) is 25.0 Å². The van der Waals surface area contributed by atoms with Gasteiger partial charge in [-0.3, -0.25) is 20.2 Å². The molecule has 8 heteroatoms. The summed E-state index contributed by atoms with van der Waals surface area (Å²) in [5.74, 6) is -1.29. The Morgan fingerprint density at radius 2 is 1.84 bits per heavy atom. The fourth-order valence-electron chi connectivity index (χ4n) is 1.30. The third kappa shape index (κ3) is 3.60. The van der Waals surface area contributed by atoms with Crippen molar-refractivity contribution in [2.75, 3.05) is 0 Å². The first-order valence-corrected chi connectivity index (χ1v) is 5.11. The SMILES string of the molecule is CC(C)=CC(=O)Oc1cccc([N+](=O)[O-])c1[N+](=O)[O-]. The number of para-hydroxylation sites is 1. The van der Waals surface area contributed by atoms with E-state index < -0.39 is 32.9 Å². The number of carbonyl (C=O) groups excluding carboxylic acids is 1. The number of hydrogen-bond acceptors (Lipinski definition) is 6. The van der Waals surface area contributed by atoms with Gasteiger partial charge in [0.1, 0.15) is 0 Å². The highest BCUT2D eigenvalue weighted by Crippen LogP contribution is 2.36. The van der Waals surface area contributed by atoms with Crippen LogP contribution < -0.4 is 4.74 Å². The van der Waals surface area contributed by atoms with Crippen LogP contribution in [0, 0.1) is 20.2 Å². The second kappa shape index (κ2) is 5.71. The summed E-state index contributed by atoms with van der Waals surface area (Å²) in [5, 5.41) is 21.5. The molecule has 0 bridgehead atoms. The third-order valence-corrected chi connectivity index (χ3v) is 1.97. The lowest BCUT2D eigenvalue weighted by molar-refractivity contribution is -0.423. The van der Waals surface area contributed by atoms with Crippen molar-refractivity contribution in [1.82, 2.24) is 0 Å². The number of carbonyl (C=O) groups is 1. The fourth-order valence-corrected chi connectivity index (χ4v) is 1.30. The number of esters is 1. The maximum Gasteiger partial charge on any atom is 0.388 e. The van der Waals surface area contributed by atoms with E-state index in [1.807, 2.05) is 0 Å². The minimum atomic E-state index is -0.955. The Bertz CT molecular complexity index is 575. The molecule has 0 saturated carbocycles. The Morgan fingerprint density at radius 3 is 2.32 bits per heavy atom. The maximum absolute atomic E-state index is 11.4. The number of hydrogen-bond donors (Lipinski definition) is 0. The zero-order chi connectivity index (χ0) is 14.6. The molecule has 0 aliphatic carbocycles. The highest BCUT2D eigenvalue weighted by atomic mass is 16.6. The van der Waals surface area contributed by atoms with Crippen LogP contribution in [0.3, 0.4) is 0 Å². The third-order valence-electron chi connectivity index (χ3n) is 1.97. The molecule has 0 aromatic heterocycles. The van der Waals surface area contributed by atoms with Gasteiger partial charge in [-0.1, -0.05) is 11.6 Å². The van der Waals surface area contributed by atoms with Gasteiger partial charge in [-0.05, 0) is 19.9 Å². The Labute approximate surface area is 107 Å². The summed E-state index contributed by atoms with van der Waals surface area (Å²) in [5.41, 5.74) is -0.936. The Hall–Kier alpha value is -2.77. The van der Waals surface area contributed by atoms with Crippen LogP contribution in [0.15, 0.2) is 29.8 Å². The lowest BCUT2D eigenvalue weighted by Crippen LogP contribution is -2.07. The number of ether oxygens (including phenoxy) is 1. The van der Waals surface area contributed by atoms with Crippen LogP contribution >= 0.6 is 0 Å². The topological polar surface area (TPSA) is 113 Å². The number of nitrogens with zero attached hydrogens (tertiary/aromatic N) is 2. The van der Waals surface area contributed by atoms with Crippen LogP contribution in [0.4, 0.5) is 11.4 Å². The lowest BCUT2D eigenvalue weighted by Gasteiger charge is -2.03. The van der Waals surface area contributed by atoms with E-state index in [1.54, 1.807) is 13.8 Å². The molecule has 0 saturated heterocycles. The molecule has 0 spiro atoms. The van der Waals surface area contributed by atoms with Crippen LogP contribution in [0.2, 0.25) is 0 Å². The highest BCUT2D eigenvalue weighted by molar-refractivity contribution is 5.85. The zero-order valence-corrected chi connectivity index (χ0v) is 10.2. The standard InChI is InChI=1S/C11H10N2O6/c1-7(2)6-10(14)19-9-5-3-4-8(12(15)16)11(9)13(17)18/h3-6H,1-2H3. The average molecular weight is 266 g/mol. The predicted octanol–water partition coefficient (Wildman–Crippen LogP) is 2.37. The smallest absolute Gasteiger partial charge is 0.388 e. The molecule has 0 fully saturated rings. The van der Waals surface area contributed by atoms with Crippen molar-refractivity contribution in [1.29, 1.82) is 0 Å². The van der Waals surface area contributed by atoms with Crippen LogP contribution in [0.1, 0.15) is 13.8 Å². The molecular formula is C11H10N2O6. The van der Waals surface area contributed by atoms with Gasteiger partial charge in [0.15, 0.2) is 0 Å². The average Bonchev–Trinajstić information content (AvgIpc) is 2.26. The maximum atomic E-state index is 11.4. The van der Waals surface area contributed by atoms with Crippen molar-refractivity contribution in [3.05, 3.63) is 50.1 Å². The van der Waals surface area contributed by atoms with Crippen LogP contribution in [0.25, 0.3) is 0 Å². The van der Waals surface area contributed by atoms with Gasteiger partial charge in [0.05, 0.1) is 9.85 Å². The second-order valence-corrected chi connectivity index (χ2v) is 3.78. The van der Waals surface area contributed by atoms with Gasteiger partial charge in [-0.15, -0.1) is 0 Å². The molecule has 1 aromatic rings. The van der Waals surface area contributed by atoms with Crippen molar-refractivity contribution in [2.45, 2.75) is 13.8 Å². The second-order valence-electron chi connectivity index (χ2n) is 3.78. The van der Waals surface area contributed by atoms with Gasteiger partial charge in [-0.2, -0.15) is 0 Å². The van der Waals surface area contributed by atoms with Gasteiger partial charge in [0.2, 0.25) is 5.75 Å². The van der Waals surface area contributed by atoms with Gasteiger partial charge in [0, 0.05) is 12.1 Å². The normalized spacial score (nSPS) is 9.58. The molecule has 1 aromatic carbocycles. The van der Waals surface area contributed by atoms with E-state index >= 15 is 0 Å². The summed E-state index contributed by atoms with van der Waals surface area (Å²) in [7, 11) is 0. The number of benzene rings is 1. The molecule has 0 atom stereocenters. The van der Waals surface area contributed by atoms with Gasteiger partial charge in [0.25, 0.3) is 0 Å². The Morgan fingerprint density at radius 1 is 1.21 bits per heavy atom. The predicted molar refractivity (Wildman–Crippen MR) is 64.8 cm³/mol. The van der Waals surface area contributed by atoms with Crippen molar-refractivity contribution in [3.63, 3.8) is 0 Å². The summed E-state index contributed by atoms with van der Waals surface area (Å²) < 4.78 is 4.75. The molecule has 8 nitrogen and oxygen atoms in total. The molecule has 1 rings (SSSR count). The van der Waals surface area contributed by atoms with Crippen LogP contribution in [0.5, 0.6) is 5.75 Å². The molecule has 0 heterocycles. The minimum absolute atomic E-state index is 0.457. The number of nitro benzene ring substituents is 2. The summed E-state index contributed by atoms with van der Waals surface area (Å²) in [6.07, 6.45) is 1.13. The van der Waals surface area contributed by atoms with Gasteiger partial charge >= 0.3 is 17.3 Å². The van der Waals surface area contributed by atoms with E-state index in [0.29, 0.717) is 5.57 Å². The minimum Gasteiger partial charge on any atom is -0.416 e. The molecule has 0 aliphatic rings. The molecule has 0 unspecified atom stereocenters. The van der Waals surface area contributed by atoms with Crippen LogP contribution in [-0.4, -0.2) is 15.8 Å². The highest BCUT2D eigenvalue weighted by Gasteiger charge is 2.30. The molecule has 0 aliphatic heterocycles. The zero-order valence-electron chi connectivity index (χ0n) is 10.2. The molecule has 100 valence electrons. The van der Waals surface area contributed by atoms with Crippen molar-refractivity contribution < 1.29 is 19.4 Å². The monoisotopic (exact) mass is 266 g/mol. The molecule has 0 radical (unpaired) electrons. The summed E-state index contributed by atoms with van der Waals surface area (Å²) in [6.45, 7) is 3.28. The summed E-state index contributed by atoms with van der Waals surface area (Å²) in [4.78, 5) is 31.1.